The monoisotopic (exact) mass is 236 g/mol. The number of hydrogen-bond donors (Lipinski definition) is 3. The quantitative estimate of drug-likeness (QED) is 0.741. The Bertz CT molecular complexity index is 388. The van der Waals surface area contributed by atoms with Gasteiger partial charge in [0.1, 0.15) is 0 Å². The molecule has 2 unspecified atom stereocenters. The third kappa shape index (κ3) is 3.06. The van der Waals surface area contributed by atoms with Crippen molar-refractivity contribution in [1.29, 1.82) is 0 Å². The van der Waals surface area contributed by atoms with Crippen LogP contribution in [0.25, 0.3) is 0 Å². The van der Waals surface area contributed by atoms with E-state index in [0.717, 1.165) is 31.5 Å². The fraction of sp³-hybridized carbons (Fsp3) is 0.667. The molecule has 2 heterocycles. The van der Waals surface area contributed by atoms with Gasteiger partial charge in [0.15, 0.2) is 5.82 Å². The number of piperidine rings is 1. The third-order valence-electron chi connectivity index (χ3n) is 3.25. The van der Waals surface area contributed by atoms with E-state index in [2.05, 4.69) is 27.8 Å². The molecule has 5 nitrogen and oxygen atoms in total. The molecule has 0 aromatic carbocycles. The van der Waals surface area contributed by atoms with Gasteiger partial charge in [0.25, 0.3) is 0 Å². The van der Waals surface area contributed by atoms with Gasteiger partial charge in [-0.05, 0) is 31.7 Å². The Balaban J connectivity index is 1.91. The summed E-state index contributed by atoms with van der Waals surface area (Å²) in [7, 11) is 0. The third-order valence-corrected chi connectivity index (χ3v) is 3.25. The van der Waals surface area contributed by atoms with Gasteiger partial charge in [-0.2, -0.15) is 5.10 Å². The number of hydrogen-bond acceptors (Lipinski definition) is 3. The molecule has 1 amide bonds. The lowest BCUT2D eigenvalue weighted by atomic mass is 9.94. The number of anilines is 1. The lowest BCUT2D eigenvalue weighted by Gasteiger charge is -2.26. The van der Waals surface area contributed by atoms with E-state index in [1.165, 1.54) is 0 Å². The Morgan fingerprint density at radius 3 is 3.12 bits per heavy atom. The molecular formula is C12H20N4O. The average Bonchev–Trinajstić information content (AvgIpc) is 2.77. The van der Waals surface area contributed by atoms with Gasteiger partial charge < -0.3 is 10.6 Å². The SMILES string of the molecule is CCc1cc(NC(=O)C2CC(C)CCN2)n[nH]1. The minimum absolute atomic E-state index is 0.0192. The Kier molecular flexibility index (Phi) is 3.78. The average molecular weight is 236 g/mol. The zero-order chi connectivity index (χ0) is 12.3. The van der Waals surface area contributed by atoms with Crippen LogP contribution in [0.4, 0.5) is 5.82 Å². The maximum atomic E-state index is 12.0. The Morgan fingerprint density at radius 2 is 2.47 bits per heavy atom. The maximum Gasteiger partial charge on any atom is 0.242 e. The standard InChI is InChI=1S/C12H20N4O/c1-3-9-7-11(16-15-9)14-12(17)10-6-8(2)4-5-13-10/h7-8,10,13H,3-6H2,1-2H3,(H2,14,15,16,17). The first-order chi connectivity index (χ1) is 8.19. The van der Waals surface area contributed by atoms with E-state index >= 15 is 0 Å². The highest BCUT2D eigenvalue weighted by Gasteiger charge is 2.24. The van der Waals surface area contributed by atoms with Crippen LogP contribution >= 0.6 is 0 Å². The van der Waals surface area contributed by atoms with Crippen molar-refractivity contribution in [2.45, 2.75) is 39.2 Å². The molecule has 1 aliphatic rings. The van der Waals surface area contributed by atoms with Crippen molar-refractivity contribution in [2.75, 3.05) is 11.9 Å². The first kappa shape index (κ1) is 12.1. The number of aromatic nitrogens is 2. The van der Waals surface area contributed by atoms with Crippen LogP contribution in [0.1, 0.15) is 32.4 Å². The molecule has 0 bridgehead atoms. The van der Waals surface area contributed by atoms with Crippen LogP contribution in [0.2, 0.25) is 0 Å². The normalized spacial score (nSPS) is 24.6. The van der Waals surface area contributed by atoms with Gasteiger partial charge in [-0.15, -0.1) is 0 Å². The lowest BCUT2D eigenvalue weighted by Crippen LogP contribution is -2.45. The molecule has 17 heavy (non-hydrogen) atoms. The number of aryl methyl sites for hydroxylation is 1. The summed E-state index contributed by atoms with van der Waals surface area (Å²) < 4.78 is 0. The summed E-state index contributed by atoms with van der Waals surface area (Å²) in [6, 6.07) is 1.80. The molecule has 1 aromatic rings. The van der Waals surface area contributed by atoms with Gasteiger partial charge in [-0.1, -0.05) is 13.8 Å². The molecule has 0 saturated carbocycles. The van der Waals surface area contributed by atoms with Crippen LogP contribution in [0.3, 0.4) is 0 Å². The topological polar surface area (TPSA) is 69.8 Å². The summed E-state index contributed by atoms with van der Waals surface area (Å²) >= 11 is 0. The minimum Gasteiger partial charge on any atom is -0.308 e. The molecule has 3 N–H and O–H groups in total. The molecule has 2 atom stereocenters. The van der Waals surface area contributed by atoms with Crippen molar-refractivity contribution in [3.05, 3.63) is 11.8 Å². The zero-order valence-electron chi connectivity index (χ0n) is 10.4. The van der Waals surface area contributed by atoms with Crippen LogP contribution in [0.15, 0.2) is 6.07 Å². The molecule has 1 saturated heterocycles. The molecule has 1 aromatic heterocycles. The number of carbonyl (C=O) groups is 1. The fourth-order valence-corrected chi connectivity index (χ4v) is 2.13. The summed E-state index contributed by atoms with van der Waals surface area (Å²) in [6.45, 7) is 5.15. The van der Waals surface area contributed by atoms with Gasteiger partial charge in [0.2, 0.25) is 5.91 Å². The van der Waals surface area contributed by atoms with E-state index in [4.69, 9.17) is 0 Å². The molecular weight excluding hydrogens is 216 g/mol. The van der Waals surface area contributed by atoms with E-state index in [1.807, 2.05) is 13.0 Å². The van der Waals surface area contributed by atoms with Crippen LogP contribution in [0, 0.1) is 5.92 Å². The van der Waals surface area contributed by atoms with E-state index < -0.39 is 0 Å². The fourth-order valence-electron chi connectivity index (χ4n) is 2.13. The number of nitrogens with zero attached hydrogens (tertiary/aromatic N) is 1. The maximum absolute atomic E-state index is 12.0. The number of amides is 1. The van der Waals surface area contributed by atoms with Crippen molar-refractivity contribution in [3.8, 4) is 0 Å². The van der Waals surface area contributed by atoms with Crippen LogP contribution in [0.5, 0.6) is 0 Å². The Morgan fingerprint density at radius 1 is 1.65 bits per heavy atom. The lowest BCUT2D eigenvalue weighted by molar-refractivity contribution is -0.119. The second kappa shape index (κ2) is 5.31. The highest BCUT2D eigenvalue weighted by atomic mass is 16.2. The summed E-state index contributed by atoms with van der Waals surface area (Å²) in [4.78, 5) is 12.0. The number of aromatic amines is 1. The molecule has 94 valence electrons. The summed E-state index contributed by atoms with van der Waals surface area (Å²) in [5.74, 6) is 1.25. The molecule has 2 rings (SSSR count). The van der Waals surface area contributed by atoms with Crippen molar-refractivity contribution in [2.24, 2.45) is 5.92 Å². The molecule has 5 heteroatoms. The van der Waals surface area contributed by atoms with Crippen LogP contribution < -0.4 is 10.6 Å². The smallest absolute Gasteiger partial charge is 0.242 e. The van der Waals surface area contributed by atoms with Crippen LogP contribution in [-0.2, 0) is 11.2 Å². The minimum atomic E-state index is -0.0828. The summed E-state index contributed by atoms with van der Waals surface area (Å²) in [5.41, 5.74) is 1.03. The highest BCUT2D eigenvalue weighted by Crippen LogP contribution is 2.16. The summed E-state index contributed by atoms with van der Waals surface area (Å²) in [6.07, 6.45) is 2.94. The number of carbonyl (C=O) groups excluding carboxylic acids is 1. The number of rotatable bonds is 3. The van der Waals surface area contributed by atoms with E-state index in [-0.39, 0.29) is 11.9 Å². The predicted molar refractivity (Wildman–Crippen MR) is 66.8 cm³/mol. The molecule has 1 aliphatic heterocycles. The van der Waals surface area contributed by atoms with Gasteiger partial charge in [-0.25, -0.2) is 0 Å². The highest BCUT2D eigenvalue weighted by molar-refractivity contribution is 5.94. The number of nitrogens with one attached hydrogen (secondary N) is 3. The van der Waals surface area contributed by atoms with E-state index in [9.17, 15) is 4.79 Å². The second-order valence-electron chi connectivity index (χ2n) is 4.76. The van der Waals surface area contributed by atoms with Gasteiger partial charge in [-0.3, -0.25) is 9.89 Å². The van der Waals surface area contributed by atoms with E-state index in [1.54, 1.807) is 0 Å². The second-order valence-corrected chi connectivity index (χ2v) is 4.76. The summed E-state index contributed by atoms with van der Waals surface area (Å²) in [5, 5.41) is 13.0. The molecule has 0 radical (unpaired) electrons. The predicted octanol–water partition coefficient (Wildman–Crippen LogP) is 1.30. The van der Waals surface area contributed by atoms with Gasteiger partial charge in [0.05, 0.1) is 6.04 Å². The van der Waals surface area contributed by atoms with Crippen molar-refractivity contribution in [3.63, 3.8) is 0 Å². The molecule has 0 aliphatic carbocycles. The van der Waals surface area contributed by atoms with Crippen LogP contribution in [-0.4, -0.2) is 28.7 Å². The molecule has 0 spiro atoms. The number of H-pyrrole nitrogens is 1. The van der Waals surface area contributed by atoms with Crippen molar-refractivity contribution in [1.82, 2.24) is 15.5 Å². The zero-order valence-corrected chi connectivity index (χ0v) is 10.4. The Labute approximate surface area is 101 Å². The first-order valence-corrected chi connectivity index (χ1v) is 6.27. The van der Waals surface area contributed by atoms with Crippen molar-refractivity contribution < 1.29 is 4.79 Å². The van der Waals surface area contributed by atoms with Gasteiger partial charge in [0, 0.05) is 11.8 Å². The Hall–Kier alpha value is -1.36. The molecule has 1 fully saturated rings. The first-order valence-electron chi connectivity index (χ1n) is 6.27. The van der Waals surface area contributed by atoms with Gasteiger partial charge >= 0.3 is 0 Å². The van der Waals surface area contributed by atoms with Crippen molar-refractivity contribution >= 4 is 11.7 Å². The van der Waals surface area contributed by atoms with E-state index in [0.29, 0.717) is 11.7 Å². The largest absolute Gasteiger partial charge is 0.308 e.